The van der Waals surface area contributed by atoms with E-state index >= 15 is 0 Å². The van der Waals surface area contributed by atoms with Crippen molar-refractivity contribution in [3.8, 4) is 5.75 Å². The molecule has 4 heteroatoms. The average Bonchev–Trinajstić information content (AvgIpc) is 2.29. The number of rotatable bonds is 5. The maximum atomic E-state index is 11.0. The van der Waals surface area contributed by atoms with Gasteiger partial charge in [-0.05, 0) is 30.7 Å². The minimum absolute atomic E-state index is 0.403. The predicted molar refractivity (Wildman–Crippen MR) is 56.1 cm³/mol. The topological polar surface area (TPSA) is 58.6 Å². The molecule has 1 rings (SSSR count). The van der Waals surface area contributed by atoms with E-state index in [1.54, 1.807) is 29.7 Å². The third-order valence-corrected chi connectivity index (χ3v) is 1.98. The molecule has 0 fully saturated rings. The Balaban J connectivity index is 2.52. The van der Waals surface area contributed by atoms with Gasteiger partial charge >= 0.3 is 0 Å². The summed E-state index contributed by atoms with van der Waals surface area (Å²) in [6, 6.07) is 6.63. The first-order chi connectivity index (χ1) is 7.27. The van der Waals surface area contributed by atoms with Gasteiger partial charge < -0.3 is 4.74 Å². The van der Waals surface area contributed by atoms with E-state index in [4.69, 9.17) is 9.94 Å². The van der Waals surface area contributed by atoms with Crippen LogP contribution in [0.4, 0.5) is 0 Å². The second-order valence-electron chi connectivity index (χ2n) is 3.17. The summed E-state index contributed by atoms with van der Waals surface area (Å²) in [7, 11) is 0. The van der Waals surface area contributed by atoms with E-state index in [0.717, 1.165) is 18.6 Å². The van der Waals surface area contributed by atoms with Gasteiger partial charge in [-0.25, -0.2) is 5.48 Å². The van der Waals surface area contributed by atoms with Crippen molar-refractivity contribution in [3.05, 3.63) is 29.8 Å². The maximum Gasteiger partial charge on any atom is 0.274 e. The Morgan fingerprint density at radius 2 is 2.07 bits per heavy atom. The summed E-state index contributed by atoms with van der Waals surface area (Å²) >= 11 is 0. The number of carbonyl (C=O) groups excluding carboxylic acids is 1. The Bertz CT molecular complexity index is 308. The molecule has 0 aliphatic heterocycles. The summed E-state index contributed by atoms with van der Waals surface area (Å²) in [6.45, 7) is 2.78. The third kappa shape index (κ3) is 3.59. The summed E-state index contributed by atoms with van der Waals surface area (Å²) in [4.78, 5) is 11.0. The minimum Gasteiger partial charge on any atom is -0.494 e. The molecule has 0 bridgehead atoms. The minimum atomic E-state index is -0.518. The summed E-state index contributed by atoms with van der Waals surface area (Å²) in [5.41, 5.74) is 1.98. The second-order valence-corrected chi connectivity index (χ2v) is 3.17. The lowest BCUT2D eigenvalue weighted by molar-refractivity contribution is 0.0706. The molecule has 82 valence electrons. The molecule has 4 nitrogen and oxygen atoms in total. The summed E-state index contributed by atoms with van der Waals surface area (Å²) in [5, 5.41) is 8.40. The van der Waals surface area contributed by atoms with E-state index in [-0.39, 0.29) is 0 Å². The molecule has 0 heterocycles. The standard InChI is InChI=1S/C11H15NO3/c1-2-3-8-15-10-6-4-9(5-7-10)11(13)12-14/h4-7,14H,2-3,8H2,1H3,(H,12,13). The number of hydroxylamine groups is 1. The smallest absolute Gasteiger partial charge is 0.274 e. The van der Waals surface area contributed by atoms with E-state index < -0.39 is 5.91 Å². The molecule has 0 aliphatic rings. The number of carbonyl (C=O) groups is 1. The van der Waals surface area contributed by atoms with Crippen LogP contribution in [0.15, 0.2) is 24.3 Å². The predicted octanol–water partition coefficient (Wildman–Crippen LogP) is 1.98. The van der Waals surface area contributed by atoms with Crippen molar-refractivity contribution in [2.75, 3.05) is 6.61 Å². The molecule has 0 aromatic heterocycles. The number of unbranched alkanes of at least 4 members (excludes halogenated alkanes) is 1. The molecule has 0 radical (unpaired) electrons. The summed E-state index contributed by atoms with van der Waals surface area (Å²) in [6.07, 6.45) is 2.10. The number of amides is 1. The largest absolute Gasteiger partial charge is 0.494 e. The highest BCUT2D eigenvalue weighted by Crippen LogP contribution is 2.12. The number of ether oxygens (including phenoxy) is 1. The monoisotopic (exact) mass is 209 g/mol. The molecule has 0 unspecified atom stereocenters. The molecule has 0 saturated heterocycles. The van der Waals surface area contributed by atoms with Crippen LogP contribution in [0.2, 0.25) is 0 Å². The summed E-state index contributed by atoms with van der Waals surface area (Å²) < 4.78 is 5.42. The number of benzene rings is 1. The zero-order valence-electron chi connectivity index (χ0n) is 8.69. The van der Waals surface area contributed by atoms with Crippen molar-refractivity contribution in [2.45, 2.75) is 19.8 Å². The van der Waals surface area contributed by atoms with Crippen LogP contribution >= 0.6 is 0 Å². The maximum absolute atomic E-state index is 11.0. The number of nitrogens with one attached hydrogen (secondary N) is 1. The lowest BCUT2D eigenvalue weighted by atomic mass is 10.2. The molecule has 2 N–H and O–H groups in total. The van der Waals surface area contributed by atoms with Gasteiger partial charge in [-0.1, -0.05) is 13.3 Å². The van der Waals surface area contributed by atoms with E-state index in [1.807, 2.05) is 0 Å². The first kappa shape index (κ1) is 11.5. The van der Waals surface area contributed by atoms with E-state index in [2.05, 4.69) is 6.92 Å². The van der Waals surface area contributed by atoms with Crippen molar-refractivity contribution in [3.63, 3.8) is 0 Å². The van der Waals surface area contributed by atoms with Gasteiger partial charge in [-0.15, -0.1) is 0 Å². The van der Waals surface area contributed by atoms with Crippen LogP contribution < -0.4 is 10.2 Å². The first-order valence-corrected chi connectivity index (χ1v) is 4.95. The van der Waals surface area contributed by atoms with Crippen molar-refractivity contribution >= 4 is 5.91 Å². The normalized spacial score (nSPS) is 9.73. The van der Waals surface area contributed by atoms with Gasteiger partial charge in [-0.2, -0.15) is 0 Å². The lowest BCUT2D eigenvalue weighted by Crippen LogP contribution is -2.18. The molecular weight excluding hydrogens is 194 g/mol. The fourth-order valence-corrected chi connectivity index (χ4v) is 1.10. The quantitative estimate of drug-likeness (QED) is 0.443. The van der Waals surface area contributed by atoms with Gasteiger partial charge in [0.2, 0.25) is 0 Å². The first-order valence-electron chi connectivity index (χ1n) is 4.95. The van der Waals surface area contributed by atoms with Crippen LogP contribution in [-0.4, -0.2) is 17.7 Å². The van der Waals surface area contributed by atoms with Gasteiger partial charge in [0, 0.05) is 5.56 Å². The Morgan fingerprint density at radius 1 is 1.40 bits per heavy atom. The number of hydrogen-bond donors (Lipinski definition) is 2. The van der Waals surface area contributed by atoms with Crippen LogP contribution in [0.25, 0.3) is 0 Å². The van der Waals surface area contributed by atoms with E-state index in [1.165, 1.54) is 0 Å². The van der Waals surface area contributed by atoms with E-state index in [9.17, 15) is 4.79 Å². The molecule has 15 heavy (non-hydrogen) atoms. The van der Waals surface area contributed by atoms with Crippen molar-refractivity contribution in [1.82, 2.24) is 5.48 Å². The molecule has 0 spiro atoms. The zero-order chi connectivity index (χ0) is 11.1. The van der Waals surface area contributed by atoms with Crippen molar-refractivity contribution in [2.24, 2.45) is 0 Å². The zero-order valence-corrected chi connectivity index (χ0v) is 8.69. The van der Waals surface area contributed by atoms with Crippen molar-refractivity contribution in [1.29, 1.82) is 0 Å². The fourth-order valence-electron chi connectivity index (χ4n) is 1.10. The van der Waals surface area contributed by atoms with Crippen LogP contribution in [0.1, 0.15) is 30.1 Å². The fraction of sp³-hybridized carbons (Fsp3) is 0.364. The van der Waals surface area contributed by atoms with Crippen LogP contribution in [0.3, 0.4) is 0 Å². The van der Waals surface area contributed by atoms with Crippen LogP contribution in [0, 0.1) is 0 Å². The van der Waals surface area contributed by atoms with Crippen molar-refractivity contribution < 1.29 is 14.7 Å². The molecule has 0 atom stereocenters. The highest BCUT2D eigenvalue weighted by atomic mass is 16.5. The molecule has 1 aromatic rings. The Hall–Kier alpha value is -1.55. The SMILES string of the molecule is CCCCOc1ccc(C(=O)NO)cc1. The highest BCUT2D eigenvalue weighted by Gasteiger charge is 2.02. The van der Waals surface area contributed by atoms with Gasteiger partial charge in [0.05, 0.1) is 6.61 Å². The van der Waals surface area contributed by atoms with Gasteiger partial charge in [0.1, 0.15) is 5.75 Å². The van der Waals surface area contributed by atoms with Crippen LogP contribution in [-0.2, 0) is 0 Å². The molecule has 1 amide bonds. The second kappa shape index (κ2) is 6.03. The van der Waals surface area contributed by atoms with Gasteiger partial charge in [0.15, 0.2) is 0 Å². The van der Waals surface area contributed by atoms with Crippen LogP contribution in [0.5, 0.6) is 5.75 Å². The average molecular weight is 209 g/mol. The highest BCUT2D eigenvalue weighted by molar-refractivity contribution is 5.93. The number of hydrogen-bond acceptors (Lipinski definition) is 3. The molecule has 0 saturated carbocycles. The Kier molecular flexibility index (Phi) is 4.63. The lowest BCUT2D eigenvalue weighted by Gasteiger charge is -2.05. The van der Waals surface area contributed by atoms with E-state index in [0.29, 0.717) is 12.2 Å². The molecule has 1 aromatic carbocycles. The van der Waals surface area contributed by atoms with Gasteiger partial charge in [0.25, 0.3) is 5.91 Å². The molecular formula is C11H15NO3. The summed E-state index contributed by atoms with van der Waals surface area (Å²) in [5.74, 6) is 0.216. The Labute approximate surface area is 88.8 Å². The molecule has 0 aliphatic carbocycles. The third-order valence-electron chi connectivity index (χ3n) is 1.98. The Morgan fingerprint density at radius 3 is 2.60 bits per heavy atom. The van der Waals surface area contributed by atoms with Gasteiger partial charge in [-0.3, -0.25) is 10.0 Å².